The smallest absolute Gasteiger partial charge is 0.133 e. The summed E-state index contributed by atoms with van der Waals surface area (Å²) >= 11 is 0. The third-order valence-electron chi connectivity index (χ3n) is 4.14. The Labute approximate surface area is 135 Å². The molecule has 1 aromatic carbocycles. The van der Waals surface area contributed by atoms with E-state index in [9.17, 15) is 0 Å². The second-order valence-electron chi connectivity index (χ2n) is 5.98. The van der Waals surface area contributed by atoms with Crippen LogP contribution in [-0.2, 0) is 0 Å². The fourth-order valence-electron chi connectivity index (χ4n) is 2.63. The van der Waals surface area contributed by atoms with Gasteiger partial charge in [0.25, 0.3) is 0 Å². The molecule has 3 aromatic rings. The van der Waals surface area contributed by atoms with E-state index in [0.29, 0.717) is 5.92 Å². The van der Waals surface area contributed by atoms with Gasteiger partial charge in [0.15, 0.2) is 0 Å². The predicted octanol–water partition coefficient (Wildman–Crippen LogP) is 3.71. The van der Waals surface area contributed by atoms with Gasteiger partial charge in [0.1, 0.15) is 11.6 Å². The number of nitrogens with zero attached hydrogens (tertiary/aromatic N) is 4. The molecule has 1 aliphatic rings. The first kappa shape index (κ1) is 13.9. The molecule has 1 unspecified atom stereocenters. The summed E-state index contributed by atoms with van der Waals surface area (Å²) < 4.78 is 1.86. The molecule has 5 heteroatoms. The molecule has 4 rings (SSSR count). The number of benzene rings is 1. The van der Waals surface area contributed by atoms with Gasteiger partial charge in [-0.25, -0.2) is 14.6 Å². The van der Waals surface area contributed by atoms with E-state index in [1.165, 1.54) is 18.4 Å². The van der Waals surface area contributed by atoms with Crippen molar-refractivity contribution in [1.82, 2.24) is 19.7 Å². The van der Waals surface area contributed by atoms with E-state index in [4.69, 9.17) is 0 Å². The lowest BCUT2D eigenvalue weighted by Gasteiger charge is -2.16. The van der Waals surface area contributed by atoms with E-state index in [1.807, 2.05) is 29.2 Å². The fourth-order valence-corrected chi connectivity index (χ4v) is 2.63. The highest BCUT2D eigenvalue weighted by Crippen LogP contribution is 2.38. The van der Waals surface area contributed by atoms with Gasteiger partial charge in [-0.05, 0) is 49.6 Å². The van der Waals surface area contributed by atoms with Gasteiger partial charge in [-0.1, -0.05) is 12.1 Å². The van der Waals surface area contributed by atoms with Crippen LogP contribution in [-0.4, -0.2) is 19.7 Å². The molecule has 1 N–H and O–H groups in total. The largest absolute Gasteiger partial charge is 0.363 e. The van der Waals surface area contributed by atoms with Gasteiger partial charge in [-0.3, -0.25) is 0 Å². The van der Waals surface area contributed by atoms with Crippen LogP contribution < -0.4 is 5.32 Å². The van der Waals surface area contributed by atoms with Crippen molar-refractivity contribution in [1.29, 1.82) is 0 Å². The molecule has 0 saturated heterocycles. The molecule has 1 saturated carbocycles. The molecule has 1 aliphatic carbocycles. The van der Waals surface area contributed by atoms with Crippen LogP contribution in [0, 0.1) is 0 Å². The van der Waals surface area contributed by atoms with Crippen molar-refractivity contribution in [2.24, 2.45) is 0 Å². The lowest BCUT2D eigenvalue weighted by molar-refractivity contribution is 0.847. The molecule has 5 nitrogen and oxygen atoms in total. The minimum atomic E-state index is 0.184. The summed E-state index contributed by atoms with van der Waals surface area (Å²) in [6.45, 7) is 2.14. The Balaban J connectivity index is 1.48. The summed E-state index contributed by atoms with van der Waals surface area (Å²) in [6, 6.07) is 12.4. The van der Waals surface area contributed by atoms with Gasteiger partial charge < -0.3 is 5.32 Å². The van der Waals surface area contributed by atoms with Crippen LogP contribution in [0.15, 0.2) is 55.0 Å². The Hall–Kier alpha value is -2.69. The van der Waals surface area contributed by atoms with Gasteiger partial charge in [0.05, 0.1) is 5.69 Å². The van der Waals surface area contributed by atoms with Crippen molar-refractivity contribution in [2.45, 2.75) is 31.7 Å². The minimum Gasteiger partial charge on any atom is -0.363 e. The average molecular weight is 305 g/mol. The van der Waals surface area contributed by atoms with Gasteiger partial charge in [-0.15, -0.1) is 0 Å². The first-order valence-electron chi connectivity index (χ1n) is 7.99. The standard InChI is InChI=1S/C18H19N5/c1-13(21-17-9-11-19-18(22-17)15-3-4-15)14-5-7-16(8-6-14)23-12-2-10-20-23/h2,5-13,15H,3-4H2,1H3,(H,19,21,22). The molecule has 0 spiro atoms. The van der Waals surface area contributed by atoms with Crippen molar-refractivity contribution in [2.75, 3.05) is 5.32 Å². The van der Waals surface area contributed by atoms with E-state index in [2.05, 4.69) is 51.6 Å². The van der Waals surface area contributed by atoms with Crippen LogP contribution in [0.1, 0.15) is 43.1 Å². The summed E-state index contributed by atoms with van der Waals surface area (Å²) in [5, 5.41) is 7.71. The van der Waals surface area contributed by atoms with Gasteiger partial charge >= 0.3 is 0 Å². The average Bonchev–Trinajstić information content (AvgIpc) is 3.30. The second-order valence-corrected chi connectivity index (χ2v) is 5.98. The highest BCUT2D eigenvalue weighted by atomic mass is 15.3. The molecule has 2 aromatic heterocycles. The SMILES string of the molecule is CC(Nc1ccnc(C2CC2)n1)c1ccc(-n2cccn2)cc1. The highest BCUT2D eigenvalue weighted by Gasteiger charge is 2.26. The number of rotatable bonds is 5. The number of anilines is 1. The second kappa shape index (κ2) is 5.83. The van der Waals surface area contributed by atoms with E-state index in [-0.39, 0.29) is 6.04 Å². The Kier molecular flexibility index (Phi) is 3.54. The maximum atomic E-state index is 4.62. The van der Waals surface area contributed by atoms with E-state index >= 15 is 0 Å². The molecule has 0 radical (unpaired) electrons. The van der Waals surface area contributed by atoms with Crippen LogP contribution in [0.25, 0.3) is 5.69 Å². The van der Waals surface area contributed by atoms with Gasteiger partial charge in [0.2, 0.25) is 0 Å². The topological polar surface area (TPSA) is 55.6 Å². The maximum absolute atomic E-state index is 4.62. The van der Waals surface area contributed by atoms with Crippen molar-refractivity contribution >= 4 is 5.82 Å². The van der Waals surface area contributed by atoms with Crippen LogP contribution in [0.4, 0.5) is 5.82 Å². The van der Waals surface area contributed by atoms with Gasteiger partial charge in [-0.2, -0.15) is 5.10 Å². The number of nitrogens with one attached hydrogen (secondary N) is 1. The number of aromatic nitrogens is 4. The molecule has 1 atom stereocenters. The summed E-state index contributed by atoms with van der Waals surface area (Å²) in [7, 11) is 0. The normalized spacial score (nSPS) is 15.3. The molecule has 2 heterocycles. The third-order valence-corrected chi connectivity index (χ3v) is 4.14. The predicted molar refractivity (Wildman–Crippen MR) is 89.6 cm³/mol. The lowest BCUT2D eigenvalue weighted by atomic mass is 10.1. The molecular weight excluding hydrogens is 286 g/mol. The van der Waals surface area contributed by atoms with E-state index < -0.39 is 0 Å². The molecule has 23 heavy (non-hydrogen) atoms. The van der Waals surface area contributed by atoms with Crippen molar-refractivity contribution < 1.29 is 0 Å². The van der Waals surface area contributed by atoms with E-state index in [1.54, 1.807) is 6.20 Å². The zero-order valence-corrected chi connectivity index (χ0v) is 13.1. The quantitative estimate of drug-likeness (QED) is 0.780. The molecule has 116 valence electrons. The summed E-state index contributed by atoms with van der Waals surface area (Å²) in [5.74, 6) is 2.43. The van der Waals surface area contributed by atoms with Crippen molar-refractivity contribution in [3.8, 4) is 5.69 Å². The summed E-state index contributed by atoms with van der Waals surface area (Å²) in [5.41, 5.74) is 2.27. The molecule has 0 aliphatic heterocycles. The monoisotopic (exact) mass is 305 g/mol. The van der Waals surface area contributed by atoms with Crippen LogP contribution in [0.2, 0.25) is 0 Å². The molecule has 0 amide bonds. The zero-order chi connectivity index (χ0) is 15.6. The van der Waals surface area contributed by atoms with Crippen LogP contribution in [0.5, 0.6) is 0 Å². The Morgan fingerprint density at radius 3 is 2.65 bits per heavy atom. The first-order valence-corrected chi connectivity index (χ1v) is 7.99. The molecular formula is C18H19N5. The Bertz CT molecular complexity index is 775. The fraction of sp³-hybridized carbons (Fsp3) is 0.278. The minimum absolute atomic E-state index is 0.184. The third kappa shape index (κ3) is 3.08. The van der Waals surface area contributed by atoms with Crippen LogP contribution in [0.3, 0.4) is 0 Å². The van der Waals surface area contributed by atoms with Gasteiger partial charge in [0, 0.05) is 30.6 Å². The zero-order valence-electron chi connectivity index (χ0n) is 13.1. The van der Waals surface area contributed by atoms with Crippen LogP contribution >= 0.6 is 0 Å². The van der Waals surface area contributed by atoms with Crippen molar-refractivity contribution in [3.05, 3.63) is 66.4 Å². The summed E-state index contributed by atoms with van der Waals surface area (Å²) in [6.07, 6.45) is 8.00. The Morgan fingerprint density at radius 2 is 1.96 bits per heavy atom. The lowest BCUT2D eigenvalue weighted by Crippen LogP contribution is -2.09. The number of hydrogen-bond acceptors (Lipinski definition) is 4. The molecule has 1 fully saturated rings. The first-order chi connectivity index (χ1) is 11.3. The van der Waals surface area contributed by atoms with Crippen molar-refractivity contribution in [3.63, 3.8) is 0 Å². The number of hydrogen-bond donors (Lipinski definition) is 1. The van der Waals surface area contributed by atoms with E-state index in [0.717, 1.165) is 17.3 Å². The summed E-state index contributed by atoms with van der Waals surface area (Å²) in [4.78, 5) is 8.98. The Morgan fingerprint density at radius 1 is 1.13 bits per heavy atom. The molecule has 0 bridgehead atoms. The maximum Gasteiger partial charge on any atom is 0.133 e. The highest BCUT2D eigenvalue weighted by molar-refractivity contribution is 5.40.